The van der Waals surface area contributed by atoms with Crippen molar-refractivity contribution in [2.75, 3.05) is 24.9 Å². The Hall–Kier alpha value is -1.23. The van der Waals surface area contributed by atoms with Gasteiger partial charge in [-0.3, -0.25) is 9.69 Å². The van der Waals surface area contributed by atoms with Crippen LogP contribution in [0.1, 0.15) is 12.5 Å². The number of anilines is 1. The van der Waals surface area contributed by atoms with E-state index < -0.39 is 0 Å². The summed E-state index contributed by atoms with van der Waals surface area (Å²) in [5, 5.41) is 0. The number of halogens is 1. The van der Waals surface area contributed by atoms with Gasteiger partial charge in [-0.05, 0) is 77.7 Å². The lowest BCUT2D eigenvalue weighted by Gasteiger charge is -2.15. The summed E-state index contributed by atoms with van der Waals surface area (Å²) >= 11 is 10.6. The molecule has 3 rings (SSSR count). The van der Waals surface area contributed by atoms with Crippen LogP contribution in [-0.2, 0) is 4.79 Å². The van der Waals surface area contributed by atoms with E-state index in [0.717, 1.165) is 19.7 Å². The van der Waals surface area contributed by atoms with E-state index in [9.17, 15) is 4.79 Å². The fourth-order valence-corrected chi connectivity index (χ4v) is 5.23. The van der Waals surface area contributed by atoms with E-state index in [2.05, 4.69) is 22.6 Å². The van der Waals surface area contributed by atoms with E-state index in [-0.39, 0.29) is 5.91 Å². The third-order valence-electron chi connectivity index (χ3n) is 3.94. The average Bonchev–Trinajstić information content (AvgIpc) is 2.96. The monoisotopic (exact) mass is 543 g/mol. The molecule has 1 aliphatic heterocycles. The molecule has 0 unspecified atom stereocenters. The van der Waals surface area contributed by atoms with E-state index in [4.69, 9.17) is 21.7 Å². The van der Waals surface area contributed by atoms with Gasteiger partial charge in [-0.2, -0.15) is 0 Å². The Kier molecular flexibility index (Phi) is 7.30. The molecule has 0 aliphatic carbocycles. The van der Waals surface area contributed by atoms with Crippen LogP contribution in [0.15, 0.2) is 46.2 Å². The van der Waals surface area contributed by atoms with Crippen molar-refractivity contribution in [3.63, 3.8) is 0 Å². The number of thiocarbonyl (C=S) groups is 1. The summed E-state index contributed by atoms with van der Waals surface area (Å²) in [4.78, 5) is 16.3. The highest BCUT2D eigenvalue weighted by molar-refractivity contribution is 14.1. The zero-order valence-electron chi connectivity index (χ0n) is 15.5. The lowest BCUT2D eigenvalue weighted by atomic mass is 10.2. The van der Waals surface area contributed by atoms with Crippen LogP contribution in [-0.4, -0.2) is 30.2 Å². The van der Waals surface area contributed by atoms with E-state index in [1.54, 1.807) is 23.8 Å². The van der Waals surface area contributed by atoms with Gasteiger partial charge in [-0.1, -0.05) is 30.0 Å². The molecule has 0 spiro atoms. The molecule has 1 aliphatic rings. The van der Waals surface area contributed by atoms with E-state index in [1.165, 1.54) is 11.8 Å². The van der Waals surface area contributed by atoms with Crippen LogP contribution in [0.2, 0.25) is 0 Å². The minimum Gasteiger partial charge on any atom is -0.493 e. The first-order chi connectivity index (χ1) is 13.5. The lowest BCUT2D eigenvalue weighted by Crippen LogP contribution is -2.27. The molecule has 4 nitrogen and oxygen atoms in total. The number of nitrogens with zero attached hydrogens (tertiary/aromatic N) is 1. The molecule has 28 heavy (non-hydrogen) atoms. The van der Waals surface area contributed by atoms with Crippen LogP contribution >= 0.6 is 58.3 Å². The van der Waals surface area contributed by atoms with E-state index in [1.807, 2.05) is 55.7 Å². The third-order valence-corrected chi connectivity index (χ3v) is 6.77. The molecule has 2 aromatic rings. The van der Waals surface area contributed by atoms with Crippen molar-refractivity contribution in [3.8, 4) is 11.5 Å². The van der Waals surface area contributed by atoms with Gasteiger partial charge in [0.15, 0.2) is 15.8 Å². The zero-order chi connectivity index (χ0) is 20.3. The number of rotatable bonds is 6. The predicted molar refractivity (Wildman–Crippen MR) is 131 cm³/mol. The molecule has 1 heterocycles. The number of carbonyl (C=O) groups is 1. The number of carbonyl (C=O) groups excluding carboxylic acids is 1. The molecule has 0 aromatic heterocycles. The first-order valence-corrected chi connectivity index (χ1v) is 11.9. The van der Waals surface area contributed by atoms with Gasteiger partial charge >= 0.3 is 0 Å². The van der Waals surface area contributed by atoms with Gasteiger partial charge < -0.3 is 9.47 Å². The van der Waals surface area contributed by atoms with Crippen LogP contribution in [0.25, 0.3) is 6.08 Å². The summed E-state index contributed by atoms with van der Waals surface area (Å²) in [5.41, 5.74) is 1.65. The minimum absolute atomic E-state index is 0.115. The predicted octanol–water partition coefficient (Wildman–Crippen LogP) is 5.83. The molecule has 8 heteroatoms. The standard InChI is InChI=1S/C20H18INO3S3/c1-4-25-18-15(21)8-12(9-16(18)24-2)10-17-19(23)22(20(26)28-17)13-6-5-7-14(11-13)27-3/h5-11H,4H2,1-3H3/b17-10+. The van der Waals surface area contributed by atoms with Crippen molar-refractivity contribution in [1.29, 1.82) is 0 Å². The van der Waals surface area contributed by atoms with E-state index in [0.29, 0.717) is 27.3 Å². The van der Waals surface area contributed by atoms with Crippen molar-refractivity contribution in [3.05, 3.63) is 50.4 Å². The largest absolute Gasteiger partial charge is 0.493 e. The number of ether oxygens (including phenoxy) is 2. The second-order valence-corrected chi connectivity index (χ2v) is 9.40. The Labute approximate surface area is 192 Å². The molecule has 1 fully saturated rings. The van der Waals surface area contributed by atoms with Gasteiger partial charge in [-0.25, -0.2) is 0 Å². The van der Waals surface area contributed by atoms with Crippen molar-refractivity contribution in [1.82, 2.24) is 0 Å². The highest BCUT2D eigenvalue weighted by Gasteiger charge is 2.33. The maximum Gasteiger partial charge on any atom is 0.270 e. The van der Waals surface area contributed by atoms with Gasteiger partial charge in [0.25, 0.3) is 5.91 Å². The number of thioether (sulfide) groups is 2. The summed E-state index contributed by atoms with van der Waals surface area (Å²) < 4.78 is 12.6. The first kappa shape index (κ1) is 21.5. The summed E-state index contributed by atoms with van der Waals surface area (Å²) in [6.45, 7) is 2.49. The lowest BCUT2D eigenvalue weighted by molar-refractivity contribution is -0.113. The Morgan fingerprint density at radius 3 is 2.79 bits per heavy atom. The van der Waals surface area contributed by atoms with Crippen molar-refractivity contribution >= 4 is 80.3 Å². The molecule has 0 bridgehead atoms. The third kappa shape index (κ3) is 4.50. The molecular formula is C20H18INO3S3. The number of hydrogen-bond acceptors (Lipinski definition) is 6. The fourth-order valence-electron chi connectivity index (χ4n) is 2.70. The summed E-state index contributed by atoms with van der Waals surface area (Å²) in [5.74, 6) is 1.24. The fraction of sp³-hybridized carbons (Fsp3) is 0.200. The molecule has 146 valence electrons. The molecule has 0 N–H and O–H groups in total. The molecule has 1 amide bonds. The van der Waals surface area contributed by atoms with Gasteiger partial charge in [0.05, 0.1) is 27.9 Å². The molecule has 0 radical (unpaired) electrons. The van der Waals surface area contributed by atoms with Crippen LogP contribution < -0.4 is 14.4 Å². The SMILES string of the molecule is CCOc1c(I)cc(/C=C2/SC(=S)N(c3cccc(SC)c3)C2=O)cc1OC. The van der Waals surface area contributed by atoms with Crippen molar-refractivity contribution in [2.24, 2.45) is 0 Å². The number of methoxy groups -OCH3 is 1. The molecule has 0 saturated carbocycles. The Bertz CT molecular complexity index is 962. The minimum atomic E-state index is -0.115. The smallest absolute Gasteiger partial charge is 0.270 e. The highest BCUT2D eigenvalue weighted by atomic mass is 127. The Balaban J connectivity index is 1.94. The number of hydrogen-bond donors (Lipinski definition) is 0. The van der Waals surface area contributed by atoms with Gasteiger partial charge in [0, 0.05) is 4.90 Å². The molecular weight excluding hydrogens is 525 g/mol. The van der Waals surface area contributed by atoms with Gasteiger partial charge in [0.2, 0.25) is 0 Å². The quantitative estimate of drug-likeness (QED) is 0.198. The van der Waals surface area contributed by atoms with Crippen LogP contribution in [0.4, 0.5) is 5.69 Å². The Morgan fingerprint density at radius 2 is 2.11 bits per heavy atom. The normalized spacial score (nSPS) is 15.4. The van der Waals surface area contributed by atoms with E-state index >= 15 is 0 Å². The van der Waals surface area contributed by atoms with Crippen molar-refractivity contribution in [2.45, 2.75) is 11.8 Å². The molecule has 1 saturated heterocycles. The van der Waals surface area contributed by atoms with Crippen molar-refractivity contribution < 1.29 is 14.3 Å². The second-order valence-electron chi connectivity index (χ2n) is 5.69. The maximum atomic E-state index is 13.0. The summed E-state index contributed by atoms with van der Waals surface area (Å²) in [6, 6.07) is 11.7. The maximum absolute atomic E-state index is 13.0. The average molecular weight is 543 g/mol. The zero-order valence-corrected chi connectivity index (χ0v) is 20.1. The molecule has 0 atom stereocenters. The first-order valence-electron chi connectivity index (χ1n) is 8.40. The number of benzene rings is 2. The van der Waals surface area contributed by atoms with Crippen LogP contribution in [0.5, 0.6) is 11.5 Å². The second kappa shape index (κ2) is 9.51. The van der Waals surface area contributed by atoms with Gasteiger partial charge in [-0.15, -0.1) is 11.8 Å². The number of amides is 1. The topological polar surface area (TPSA) is 38.8 Å². The summed E-state index contributed by atoms with van der Waals surface area (Å²) in [7, 11) is 1.61. The Morgan fingerprint density at radius 1 is 1.32 bits per heavy atom. The van der Waals surface area contributed by atoms with Gasteiger partial charge in [0.1, 0.15) is 0 Å². The van der Waals surface area contributed by atoms with Crippen LogP contribution in [0, 0.1) is 3.57 Å². The van der Waals surface area contributed by atoms with Crippen LogP contribution in [0.3, 0.4) is 0 Å². The molecule has 2 aromatic carbocycles. The highest BCUT2D eigenvalue weighted by Crippen LogP contribution is 2.39. The summed E-state index contributed by atoms with van der Waals surface area (Å²) in [6.07, 6.45) is 3.85.